The van der Waals surface area contributed by atoms with Gasteiger partial charge in [0.25, 0.3) is 11.9 Å². The third kappa shape index (κ3) is 4.86. The second-order valence-electron chi connectivity index (χ2n) is 9.14. The predicted octanol–water partition coefficient (Wildman–Crippen LogP) is 3.03. The summed E-state index contributed by atoms with van der Waals surface area (Å²) in [5, 5.41) is 4.65. The lowest BCUT2D eigenvalue weighted by molar-refractivity contribution is 0.0678. The third-order valence-electron chi connectivity index (χ3n) is 5.41. The maximum absolute atomic E-state index is 13.1. The van der Waals surface area contributed by atoms with Gasteiger partial charge in [-0.2, -0.15) is 4.99 Å². The molecule has 0 saturated carbocycles. The van der Waals surface area contributed by atoms with Gasteiger partial charge in [0.05, 0.1) is 5.56 Å². The van der Waals surface area contributed by atoms with Gasteiger partial charge in [0, 0.05) is 37.8 Å². The highest BCUT2D eigenvalue weighted by Crippen LogP contribution is 2.21. The van der Waals surface area contributed by atoms with Crippen molar-refractivity contribution in [2.24, 2.45) is 9.98 Å². The number of amides is 1. The lowest BCUT2D eigenvalue weighted by Crippen LogP contribution is -2.50. The molecule has 2 aliphatic rings. The van der Waals surface area contributed by atoms with E-state index in [0.717, 1.165) is 11.4 Å². The van der Waals surface area contributed by atoms with E-state index in [0.29, 0.717) is 55.2 Å². The Morgan fingerprint density at radius 2 is 1.91 bits per heavy atom. The summed E-state index contributed by atoms with van der Waals surface area (Å²) in [6.07, 6.45) is 3.24. The third-order valence-corrected chi connectivity index (χ3v) is 5.49. The van der Waals surface area contributed by atoms with Crippen LogP contribution in [0.2, 0.25) is 0 Å². The first-order valence-corrected chi connectivity index (χ1v) is 11.2. The number of nitrogens with zero attached hydrogens (tertiary/aromatic N) is 8. The fourth-order valence-electron chi connectivity index (χ4n) is 3.59. The van der Waals surface area contributed by atoms with Gasteiger partial charge in [-0.3, -0.25) is 4.79 Å². The first kappa shape index (κ1) is 23.6. The summed E-state index contributed by atoms with van der Waals surface area (Å²) in [7, 11) is 0. The predicted molar refractivity (Wildman–Crippen MR) is 130 cm³/mol. The first-order chi connectivity index (χ1) is 16.0. The molecule has 1 fully saturated rings. The Labute approximate surface area is 203 Å². The van der Waals surface area contributed by atoms with Crippen LogP contribution in [-0.4, -0.2) is 73.5 Å². The minimum atomic E-state index is -0.160. The van der Waals surface area contributed by atoms with Gasteiger partial charge in [-0.15, -0.1) is 5.10 Å². The van der Waals surface area contributed by atoms with Gasteiger partial charge < -0.3 is 14.5 Å². The average molecular weight is 483 g/mol. The molecule has 2 aromatic rings. The van der Waals surface area contributed by atoms with Crippen molar-refractivity contribution in [2.75, 3.05) is 26.2 Å². The molecule has 1 saturated heterocycles. The Balaban J connectivity index is 1.42. The molecule has 0 unspecified atom stereocenters. The fraction of sp³-hybridized carbons (Fsp3) is 0.391. The number of ether oxygens (including phenoxy) is 1. The van der Waals surface area contributed by atoms with Crippen molar-refractivity contribution < 1.29 is 9.53 Å². The number of hydrogen-bond donors (Lipinski definition) is 0. The van der Waals surface area contributed by atoms with Crippen molar-refractivity contribution in [3.8, 4) is 5.82 Å². The number of carbonyl (C=O) groups excluding carboxylic acids is 1. The van der Waals surface area contributed by atoms with E-state index in [-0.39, 0.29) is 16.5 Å². The normalized spacial score (nSPS) is 17.7. The van der Waals surface area contributed by atoms with Gasteiger partial charge in [-0.25, -0.2) is 19.6 Å². The van der Waals surface area contributed by atoms with Crippen LogP contribution in [0.15, 0.2) is 52.6 Å². The van der Waals surface area contributed by atoms with E-state index in [1.807, 2.05) is 17.9 Å². The van der Waals surface area contributed by atoms with E-state index < -0.39 is 0 Å². The summed E-state index contributed by atoms with van der Waals surface area (Å²) >= 11 is 5.72. The van der Waals surface area contributed by atoms with Gasteiger partial charge in [0.2, 0.25) is 5.84 Å². The van der Waals surface area contributed by atoms with Crippen LogP contribution in [0.4, 0.5) is 0 Å². The molecule has 4 heterocycles. The Kier molecular flexibility index (Phi) is 6.26. The van der Waals surface area contributed by atoms with Crippen molar-refractivity contribution in [3.63, 3.8) is 0 Å². The van der Waals surface area contributed by atoms with Crippen LogP contribution < -0.4 is 0 Å². The van der Waals surface area contributed by atoms with E-state index in [4.69, 9.17) is 16.3 Å². The second kappa shape index (κ2) is 9.02. The summed E-state index contributed by atoms with van der Waals surface area (Å²) in [5.41, 5.74) is 1.21. The number of aromatic nitrogens is 4. The SMILES string of the molecule is C=C(Cl)/N=C1/N=C(N2CCN(C(=O)c3cnc(-n4cnc(C(C)(C)C)n4)c(C)c3)CC2)OC1=C. The molecule has 2 aromatic heterocycles. The maximum Gasteiger partial charge on any atom is 0.300 e. The number of amidine groups is 2. The smallest absolute Gasteiger partial charge is 0.300 e. The number of halogens is 1. The average Bonchev–Trinajstić information content (AvgIpc) is 3.40. The molecular formula is C23H27ClN8O2. The highest BCUT2D eigenvalue weighted by atomic mass is 35.5. The highest BCUT2D eigenvalue weighted by molar-refractivity contribution is 6.30. The molecule has 2 aliphatic heterocycles. The van der Waals surface area contributed by atoms with Gasteiger partial charge in [0.15, 0.2) is 17.4 Å². The number of piperazine rings is 1. The molecule has 0 spiro atoms. The molecule has 0 N–H and O–H groups in total. The summed E-state index contributed by atoms with van der Waals surface area (Å²) in [6, 6.07) is 2.24. The molecular weight excluding hydrogens is 456 g/mol. The molecule has 0 atom stereocenters. The van der Waals surface area contributed by atoms with Crippen molar-refractivity contribution in [1.82, 2.24) is 29.5 Å². The largest absolute Gasteiger partial charge is 0.422 e. The molecule has 0 radical (unpaired) electrons. The zero-order chi connectivity index (χ0) is 24.6. The Hall–Kier alpha value is -3.53. The van der Waals surface area contributed by atoms with Crippen LogP contribution in [0, 0.1) is 6.92 Å². The van der Waals surface area contributed by atoms with Crippen molar-refractivity contribution in [3.05, 3.63) is 59.6 Å². The molecule has 0 aliphatic carbocycles. The quantitative estimate of drug-likeness (QED) is 0.623. The highest BCUT2D eigenvalue weighted by Gasteiger charge is 2.29. The van der Waals surface area contributed by atoms with Crippen LogP contribution in [-0.2, 0) is 10.2 Å². The van der Waals surface area contributed by atoms with E-state index in [9.17, 15) is 4.79 Å². The number of hydrogen-bond acceptors (Lipinski definition) is 7. The summed E-state index contributed by atoms with van der Waals surface area (Å²) in [5.74, 6) is 1.93. The summed E-state index contributed by atoms with van der Waals surface area (Å²) in [6.45, 7) is 17.5. The Morgan fingerprint density at radius 1 is 1.21 bits per heavy atom. The monoisotopic (exact) mass is 482 g/mol. The number of rotatable bonds is 3. The van der Waals surface area contributed by atoms with E-state index >= 15 is 0 Å². The minimum absolute atomic E-state index is 0.0739. The maximum atomic E-state index is 13.1. The molecule has 178 valence electrons. The summed E-state index contributed by atoms with van der Waals surface area (Å²) in [4.78, 5) is 34.1. The molecule has 11 heteroatoms. The van der Waals surface area contributed by atoms with Crippen molar-refractivity contribution in [2.45, 2.75) is 33.1 Å². The van der Waals surface area contributed by atoms with E-state index in [1.54, 1.807) is 22.1 Å². The minimum Gasteiger partial charge on any atom is -0.422 e. The van der Waals surface area contributed by atoms with Crippen LogP contribution in [0.1, 0.15) is 42.5 Å². The van der Waals surface area contributed by atoms with Gasteiger partial charge in [0.1, 0.15) is 11.5 Å². The topological polar surface area (TPSA) is 101 Å². The Morgan fingerprint density at radius 3 is 2.50 bits per heavy atom. The Bertz CT molecular complexity index is 1220. The van der Waals surface area contributed by atoms with Crippen LogP contribution >= 0.6 is 11.6 Å². The number of aliphatic imine (C=N–C) groups is 2. The lowest BCUT2D eigenvalue weighted by atomic mass is 9.96. The molecule has 0 aromatic carbocycles. The zero-order valence-electron chi connectivity index (χ0n) is 19.7. The second-order valence-corrected chi connectivity index (χ2v) is 9.57. The van der Waals surface area contributed by atoms with Crippen molar-refractivity contribution in [1.29, 1.82) is 0 Å². The molecule has 34 heavy (non-hydrogen) atoms. The lowest BCUT2D eigenvalue weighted by Gasteiger charge is -2.34. The van der Waals surface area contributed by atoms with Gasteiger partial charge in [-0.05, 0) is 18.6 Å². The van der Waals surface area contributed by atoms with Crippen LogP contribution in [0.5, 0.6) is 0 Å². The van der Waals surface area contributed by atoms with Crippen molar-refractivity contribution >= 4 is 29.4 Å². The van der Waals surface area contributed by atoms with Gasteiger partial charge in [-0.1, -0.05) is 45.5 Å². The standard InChI is InChI=1S/C23H27ClN8O2/c1-14-11-17(12-25-19(14)32-13-26-21(29-32)23(4,5)6)20(33)30-7-9-31(10-8-30)22-28-18(15(2)34-22)27-16(3)24/h11-13H,2-3,7-10H2,1,4-6H3/b27-18+. The van der Waals surface area contributed by atoms with Crippen LogP contribution in [0.25, 0.3) is 5.82 Å². The van der Waals surface area contributed by atoms with E-state index in [2.05, 4.69) is 59.0 Å². The zero-order valence-corrected chi connectivity index (χ0v) is 20.5. The molecule has 0 bridgehead atoms. The first-order valence-electron chi connectivity index (χ1n) is 10.9. The van der Waals surface area contributed by atoms with E-state index in [1.165, 1.54) is 0 Å². The van der Waals surface area contributed by atoms with Gasteiger partial charge >= 0.3 is 0 Å². The van der Waals surface area contributed by atoms with Crippen LogP contribution in [0.3, 0.4) is 0 Å². The molecule has 10 nitrogen and oxygen atoms in total. The number of carbonyl (C=O) groups is 1. The molecule has 4 rings (SSSR count). The number of aryl methyl sites for hydroxylation is 1. The summed E-state index contributed by atoms with van der Waals surface area (Å²) < 4.78 is 7.26. The molecule has 1 amide bonds. The number of pyridine rings is 1. The fourth-order valence-corrected chi connectivity index (χ4v) is 3.67.